The molecule has 0 aliphatic heterocycles. The minimum Gasteiger partial charge on any atom is -0.465 e. The molecule has 1 rings (SSSR count). The van der Waals surface area contributed by atoms with Crippen molar-refractivity contribution in [2.24, 2.45) is 0 Å². The third kappa shape index (κ3) is 4.20. The lowest BCUT2D eigenvalue weighted by atomic mass is 10.1. The molecule has 0 amide bonds. The number of ether oxygens (including phenoxy) is 2. The van der Waals surface area contributed by atoms with Crippen LogP contribution in [-0.4, -0.2) is 32.3 Å². The number of benzene rings is 1. The maximum atomic E-state index is 11.6. The summed E-state index contributed by atoms with van der Waals surface area (Å²) in [5, 5.41) is 3.70. The van der Waals surface area contributed by atoms with E-state index < -0.39 is 5.97 Å². The van der Waals surface area contributed by atoms with Gasteiger partial charge in [0.05, 0.1) is 19.3 Å². The Morgan fingerprint density at radius 1 is 1.50 bits per heavy atom. The fourth-order valence-corrected chi connectivity index (χ4v) is 1.70. The summed E-state index contributed by atoms with van der Waals surface area (Å²) in [4.78, 5) is 11.6. The second kappa shape index (κ2) is 7.24. The molecule has 0 bridgehead atoms. The van der Waals surface area contributed by atoms with E-state index >= 15 is 0 Å². The maximum Gasteiger partial charge on any atom is 0.340 e. The summed E-state index contributed by atoms with van der Waals surface area (Å²) in [6.45, 7) is 5.15. The molecule has 0 radical (unpaired) electrons. The zero-order chi connectivity index (χ0) is 13.5. The molecule has 0 heterocycles. The fraction of sp³-hybridized carbons (Fsp3) is 0.462. The Labute approximate surface area is 112 Å². The number of halogens is 1. The van der Waals surface area contributed by atoms with Gasteiger partial charge in [-0.05, 0) is 32.0 Å². The molecule has 1 unspecified atom stereocenters. The van der Waals surface area contributed by atoms with Crippen LogP contribution in [-0.2, 0) is 9.47 Å². The Balaban J connectivity index is 2.84. The highest BCUT2D eigenvalue weighted by Crippen LogP contribution is 2.22. The third-order valence-electron chi connectivity index (χ3n) is 2.36. The molecule has 1 atom stereocenters. The van der Waals surface area contributed by atoms with Crippen LogP contribution in [0.3, 0.4) is 0 Å². The molecule has 1 N–H and O–H groups in total. The van der Waals surface area contributed by atoms with Gasteiger partial charge in [-0.15, -0.1) is 0 Å². The van der Waals surface area contributed by atoms with Gasteiger partial charge in [-0.3, -0.25) is 0 Å². The van der Waals surface area contributed by atoms with E-state index in [1.807, 2.05) is 13.8 Å². The van der Waals surface area contributed by atoms with Crippen LogP contribution >= 0.6 is 11.6 Å². The molecule has 0 aliphatic rings. The van der Waals surface area contributed by atoms with E-state index in [0.29, 0.717) is 29.5 Å². The number of methoxy groups -OCH3 is 1. The second-order valence-electron chi connectivity index (χ2n) is 3.89. The Bertz CT molecular complexity index is 409. The monoisotopic (exact) mass is 271 g/mol. The Morgan fingerprint density at radius 2 is 2.22 bits per heavy atom. The van der Waals surface area contributed by atoms with Crippen molar-refractivity contribution in [3.8, 4) is 0 Å². The summed E-state index contributed by atoms with van der Waals surface area (Å²) in [5.74, 6) is -0.413. The lowest BCUT2D eigenvalue weighted by molar-refractivity contribution is 0.0601. The lowest BCUT2D eigenvalue weighted by Gasteiger charge is -2.17. The molecule has 0 spiro atoms. The van der Waals surface area contributed by atoms with Crippen LogP contribution in [0.2, 0.25) is 5.02 Å². The van der Waals surface area contributed by atoms with Crippen LogP contribution in [0.5, 0.6) is 0 Å². The Morgan fingerprint density at radius 3 is 2.83 bits per heavy atom. The number of nitrogens with one attached hydrogen (secondary N) is 1. The highest BCUT2D eigenvalue weighted by atomic mass is 35.5. The van der Waals surface area contributed by atoms with E-state index in [1.54, 1.807) is 18.2 Å². The highest BCUT2D eigenvalue weighted by Gasteiger charge is 2.14. The van der Waals surface area contributed by atoms with Gasteiger partial charge in [-0.1, -0.05) is 11.6 Å². The number of carbonyl (C=O) groups excluding carboxylic acids is 1. The normalized spacial score (nSPS) is 12.0. The van der Waals surface area contributed by atoms with Gasteiger partial charge in [0, 0.05) is 23.4 Å². The molecule has 0 saturated heterocycles. The number of carbonyl (C=O) groups is 1. The van der Waals surface area contributed by atoms with Gasteiger partial charge in [0.2, 0.25) is 0 Å². The van der Waals surface area contributed by atoms with Crippen LogP contribution in [0.1, 0.15) is 24.2 Å². The Kier molecular flexibility index (Phi) is 5.95. The lowest BCUT2D eigenvalue weighted by Crippen LogP contribution is -2.23. The van der Waals surface area contributed by atoms with Crippen molar-refractivity contribution in [2.45, 2.75) is 19.9 Å². The van der Waals surface area contributed by atoms with E-state index in [1.165, 1.54) is 7.11 Å². The first-order valence-electron chi connectivity index (χ1n) is 5.80. The van der Waals surface area contributed by atoms with Gasteiger partial charge in [-0.25, -0.2) is 4.79 Å². The fourth-order valence-electron chi connectivity index (χ4n) is 1.52. The van der Waals surface area contributed by atoms with Gasteiger partial charge in [0.15, 0.2) is 0 Å². The molecule has 0 aliphatic carbocycles. The molecular formula is C13H18ClNO3. The van der Waals surface area contributed by atoms with Crippen molar-refractivity contribution < 1.29 is 14.3 Å². The van der Waals surface area contributed by atoms with Crippen LogP contribution in [0.15, 0.2) is 18.2 Å². The predicted molar refractivity (Wildman–Crippen MR) is 72.4 cm³/mol. The maximum absolute atomic E-state index is 11.6. The first-order chi connectivity index (χ1) is 8.58. The van der Waals surface area contributed by atoms with Crippen molar-refractivity contribution in [2.75, 3.05) is 25.6 Å². The van der Waals surface area contributed by atoms with E-state index in [9.17, 15) is 4.79 Å². The van der Waals surface area contributed by atoms with Gasteiger partial charge in [0.25, 0.3) is 0 Å². The number of hydrogen-bond donors (Lipinski definition) is 1. The van der Waals surface area contributed by atoms with Crippen molar-refractivity contribution in [1.29, 1.82) is 0 Å². The van der Waals surface area contributed by atoms with E-state index in [4.69, 9.17) is 21.1 Å². The molecule has 5 heteroatoms. The molecule has 4 nitrogen and oxygen atoms in total. The van der Waals surface area contributed by atoms with E-state index in [0.717, 1.165) is 0 Å². The molecule has 0 aromatic heterocycles. The van der Waals surface area contributed by atoms with E-state index in [2.05, 4.69) is 5.32 Å². The summed E-state index contributed by atoms with van der Waals surface area (Å²) in [5.41, 5.74) is 1.12. The molecule has 18 heavy (non-hydrogen) atoms. The number of rotatable bonds is 6. The van der Waals surface area contributed by atoms with Crippen LogP contribution in [0.25, 0.3) is 0 Å². The average Bonchev–Trinajstić information content (AvgIpc) is 2.37. The summed E-state index contributed by atoms with van der Waals surface area (Å²) < 4.78 is 10.0. The van der Waals surface area contributed by atoms with E-state index in [-0.39, 0.29) is 6.04 Å². The van der Waals surface area contributed by atoms with Crippen LogP contribution in [0, 0.1) is 0 Å². The minimum absolute atomic E-state index is 0.0922. The number of anilines is 1. The standard InChI is InChI=1S/C13H18ClNO3/c1-4-18-8-9(2)15-12-6-5-10(14)7-11(12)13(16)17-3/h5-7,9,15H,4,8H2,1-3H3. The smallest absolute Gasteiger partial charge is 0.340 e. The predicted octanol–water partition coefficient (Wildman–Crippen LogP) is 2.96. The van der Waals surface area contributed by atoms with Crippen molar-refractivity contribution in [3.05, 3.63) is 28.8 Å². The van der Waals surface area contributed by atoms with Crippen molar-refractivity contribution >= 4 is 23.3 Å². The summed E-state index contributed by atoms with van der Waals surface area (Å²) in [6.07, 6.45) is 0. The minimum atomic E-state index is -0.413. The highest BCUT2D eigenvalue weighted by molar-refractivity contribution is 6.31. The van der Waals surface area contributed by atoms with Gasteiger partial charge < -0.3 is 14.8 Å². The van der Waals surface area contributed by atoms with Gasteiger partial charge in [0.1, 0.15) is 0 Å². The number of hydrogen-bond acceptors (Lipinski definition) is 4. The Hall–Kier alpha value is -1.26. The first-order valence-corrected chi connectivity index (χ1v) is 6.18. The molecule has 1 aromatic rings. The molecular weight excluding hydrogens is 254 g/mol. The molecule has 1 aromatic carbocycles. The second-order valence-corrected chi connectivity index (χ2v) is 4.32. The molecule has 100 valence electrons. The number of esters is 1. The SMILES string of the molecule is CCOCC(C)Nc1ccc(Cl)cc1C(=O)OC. The largest absolute Gasteiger partial charge is 0.465 e. The summed E-state index contributed by atoms with van der Waals surface area (Å²) >= 11 is 5.88. The van der Waals surface area contributed by atoms with Crippen molar-refractivity contribution in [1.82, 2.24) is 0 Å². The summed E-state index contributed by atoms with van der Waals surface area (Å²) in [6, 6.07) is 5.17. The van der Waals surface area contributed by atoms with Gasteiger partial charge in [-0.2, -0.15) is 0 Å². The third-order valence-corrected chi connectivity index (χ3v) is 2.60. The average molecular weight is 272 g/mol. The van der Waals surface area contributed by atoms with Crippen molar-refractivity contribution in [3.63, 3.8) is 0 Å². The topological polar surface area (TPSA) is 47.6 Å². The van der Waals surface area contributed by atoms with Crippen LogP contribution < -0.4 is 5.32 Å². The molecule has 0 fully saturated rings. The van der Waals surface area contributed by atoms with Crippen LogP contribution in [0.4, 0.5) is 5.69 Å². The quantitative estimate of drug-likeness (QED) is 0.808. The molecule has 0 saturated carbocycles. The summed E-state index contributed by atoms with van der Waals surface area (Å²) in [7, 11) is 1.34. The zero-order valence-electron chi connectivity index (χ0n) is 10.8. The zero-order valence-corrected chi connectivity index (χ0v) is 11.6. The first kappa shape index (κ1) is 14.8. The van der Waals surface area contributed by atoms with Gasteiger partial charge >= 0.3 is 5.97 Å².